The Balaban J connectivity index is 1.98. The molecule has 2 aromatic rings. The first-order chi connectivity index (χ1) is 11.0. The average molecular weight is 429 g/mol. The van der Waals surface area contributed by atoms with Crippen LogP contribution in [-0.4, -0.2) is 10.2 Å². The molecule has 0 atom stereocenters. The second-order valence-electron chi connectivity index (χ2n) is 4.66. The van der Waals surface area contributed by atoms with Crippen LogP contribution in [0.2, 0.25) is 5.02 Å². The number of amides is 1. The van der Waals surface area contributed by atoms with E-state index in [1.807, 2.05) is 0 Å². The molecule has 0 aromatic heterocycles. The maximum Gasteiger partial charge on any atom is 0.270 e. The van der Waals surface area contributed by atoms with Crippen LogP contribution < -0.4 is 4.90 Å². The molecule has 1 fully saturated rings. The first-order valence-electron chi connectivity index (χ1n) is 6.44. The van der Waals surface area contributed by atoms with Crippen LogP contribution in [0.1, 0.15) is 5.56 Å². The van der Waals surface area contributed by atoms with Crippen molar-refractivity contribution in [3.63, 3.8) is 0 Å². The molecule has 1 aliphatic rings. The van der Waals surface area contributed by atoms with Crippen molar-refractivity contribution >= 4 is 73.5 Å². The van der Waals surface area contributed by atoms with Crippen LogP contribution in [-0.2, 0) is 4.79 Å². The van der Waals surface area contributed by atoms with Crippen molar-refractivity contribution in [2.45, 2.75) is 0 Å². The van der Waals surface area contributed by atoms with Gasteiger partial charge in [-0.15, -0.1) is 0 Å². The van der Waals surface area contributed by atoms with Gasteiger partial charge in [-0.3, -0.25) is 9.69 Å². The maximum atomic E-state index is 13.9. The van der Waals surface area contributed by atoms with E-state index in [0.717, 1.165) is 16.2 Å². The van der Waals surface area contributed by atoms with E-state index in [1.54, 1.807) is 36.4 Å². The Hall–Kier alpha value is -1.21. The second-order valence-corrected chi connectivity index (χ2v) is 7.69. The number of halogens is 3. The number of benzene rings is 2. The minimum Gasteiger partial charge on any atom is -0.268 e. The number of hydrogen-bond donors (Lipinski definition) is 0. The van der Waals surface area contributed by atoms with Gasteiger partial charge in [-0.05, 0) is 42.5 Å². The molecule has 1 amide bonds. The van der Waals surface area contributed by atoms with Crippen LogP contribution in [0.5, 0.6) is 0 Å². The first-order valence-corrected chi connectivity index (χ1v) is 8.84. The molecule has 1 saturated heterocycles. The zero-order valence-corrected chi connectivity index (χ0v) is 15.4. The molecule has 0 saturated carbocycles. The van der Waals surface area contributed by atoms with E-state index in [1.165, 1.54) is 17.0 Å². The molecule has 0 N–H and O–H groups in total. The van der Waals surface area contributed by atoms with E-state index >= 15 is 0 Å². The van der Waals surface area contributed by atoms with Gasteiger partial charge < -0.3 is 0 Å². The third-order valence-corrected chi connectivity index (χ3v) is 5.14. The fourth-order valence-electron chi connectivity index (χ4n) is 2.07. The van der Waals surface area contributed by atoms with Gasteiger partial charge in [-0.1, -0.05) is 57.6 Å². The van der Waals surface area contributed by atoms with E-state index in [4.69, 9.17) is 23.8 Å². The maximum absolute atomic E-state index is 13.9. The molecule has 3 rings (SSSR count). The quantitative estimate of drug-likeness (QED) is 0.455. The Morgan fingerprint density at radius 3 is 2.78 bits per heavy atom. The summed E-state index contributed by atoms with van der Waals surface area (Å²) in [6.45, 7) is 0. The predicted octanol–water partition coefficient (Wildman–Crippen LogP) is 5.65. The van der Waals surface area contributed by atoms with E-state index in [-0.39, 0.29) is 5.91 Å². The van der Waals surface area contributed by atoms with Crippen molar-refractivity contribution in [2.24, 2.45) is 0 Å². The molecule has 0 bridgehead atoms. The van der Waals surface area contributed by atoms with E-state index in [2.05, 4.69) is 15.9 Å². The van der Waals surface area contributed by atoms with Crippen molar-refractivity contribution in [3.05, 3.63) is 68.2 Å². The zero-order chi connectivity index (χ0) is 16.6. The fourth-order valence-corrected chi connectivity index (χ4v) is 3.93. The number of rotatable bonds is 2. The van der Waals surface area contributed by atoms with Crippen LogP contribution in [0.25, 0.3) is 6.08 Å². The Morgan fingerprint density at radius 1 is 1.26 bits per heavy atom. The van der Waals surface area contributed by atoms with Gasteiger partial charge in [0.25, 0.3) is 5.91 Å². The molecule has 2 aromatic carbocycles. The zero-order valence-electron chi connectivity index (χ0n) is 11.4. The molecule has 0 unspecified atom stereocenters. The molecular weight excluding hydrogens is 421 g/mol. The molecule has 0 aliphatic carbocycles. The van der Waals surface area contributed by atoms with Crippen molar-refractivity contribution < 1.29 is 9.18 Å². The summed E-state index contributed by atoms with van der Waals surface area (Å²) in [7, 11) is 0. The number of anilines is 1. The van der Waals surface area contributed by atoms with Crippen LogP contribution in [0.4, 0.5) is 10.1 Å². The van der Waals surface area contributed by atoms with Gasteiger partial charge in [0, 0.05) is 15.1 Å². The SMILES string of the molecule is O=C1C(=Cc2cc(Br)ccc2F)SC(=S)N1c1cccc(Cl)c1. The largest absolute Gasteiger partial charge is 0.270 e. The molecule has 1 heterocycles. The summed E-state index contributed by atoms with van der Waals surface area (Å²) in [5.41, 5.74) is 0.920. The lowest BCUT2D eigenvalue weighted by molar-refractivity contribution is -0.113. The highest BCUT2D eigenvalue weighted by Gasteiger charge is 2.33. The summed E-state index contributed by atoms with van der Waals surface area (Å²) in [4.78, 5) is 14.4. The fraction of sp³-hybridized carbons (Fsp3) is 0. The molecule has 23 heavy (non-hydrogen) atoms. The molecule has 0 radical (unpaired) electrons. The van der Waals surface area contributed by atoms with Gasteiger partial charge in [-0.2, -0.15) is 0 Å². The Bertz CT molecular complexity index is 856. The Morgan fingerprint density at radius 2 is 2.04 bits per heavy atom. The van der Waals surface area contributed by atoms with Gasteiger partial charge in [-0.25, -0.2) is 4.39 Å². The number of hydrogen-bond acceptors (Lipinski definition) is 3. The molecule has 1 aliphatic heterocycles. The van der Waals surface area contributed by atoms with Crippen LogP contribution in [0, 0.1) is 5.82 Å². The average Bonchev–Trinajstić information content (AvgIpc) is 2.77. The van der Waals surface area contributed by atoms with Gasteiger partial charge in [0.15, 0.2) is 4.32 Å². The smallest absolute Gasteiger partial charge is 0.268 e. The lowest BCUT2D eigenvalue weighted by Crippen LogP contribution is -2.27. The van der Waals surface area contributed by atoms with E-state index < -0.39 is 5.82 Å². The topological polar surface area (TPSA) is 20.3 Å². The van der Waals surface area contributed by atoms with Gasteiger partial charge >= 0.3 is 0 Å². The summed E-state index contributed by atoms with van der Waals surface area (Å²) >= 11 is 15.7. The summed E-state index contributed by atoms with van der Waals surface area (Å²) in [6, 6.07) is 11.4. The summed E-state index contributed by atoms with van der Waals surface area (Å²) in [5.74, 6) is -0.692. The highest BCUT2D eigenvalue weighted by Crippen LogP contribution is 2.37. The molecule has 0 spiro atoms. The third-order valence-electron chi connectivity index (χ3n) is 3.10. The summed E-state index contributed by atoms with van der Waals surface area (Å²) in [6.07, 6.45) is 1.50. The lowest BCUT2D eigenvalue weighted by atomic mass is 10.2. The highest BCUT2D eigenvalue weighted by molar-refractivity contribution is 9.10. The Labute approximate surface area is 155 Å². The van der Waals surface area contributed by atoms with Crippen molar-refractivity contribution in [1.29, 1.82) is 0 Å². The normalized spacial score (nSPS) is 16.5. The van der Waals surface area contributed by atoms with Crippen molar-refractivity contribution in [1.82, 2.24) is 0 Å². The van der Waals surface area contributed by atoms with Crippen molar-refractivity contribution in [3.8, 4) is 0 Å². The highest BCUT2D eigenvalue weighted by atomic mass is 79.9. The predicted molar refractivity (Wildman–Crippen MR) is 101 cm³/mol. The van der Waals surface area contributed by atoms with E-state index in [9.17, 15) is 9.18 Å². The minimum atomic E-state index is -0.402. The number of thioether (sulfide) groups is 1. The number of carbonyl (C=O) groups is 1. The molecule has 2 nitrogen and oxygen atoms in total. The van der Waals surface area contributed by atoms with Gasteiger partial charge in [0.1, 0.15) is 5.82 Å². The standard InChI is InChI=1S/C16H8BrClFNOS2/c17-10-4-5-13(19)9(6-10)7-14-15(21)20(16(22)23-14)12-3-1-2-11(18)8-12/h1-8H. The summed E-state index contributed by atoms with van der Waals surface area (Å²) < 4.78 is 15.0. The number of thiocarbonyl (C=S) groups is 1. The molecule has 116 valence electrons. The third kappa shape index (κ3) is 3.50. The van der Waals surface area contributed by atoms with Crippen LogP contribution >= 0.6 is 51.5 Å². The molecule has 7 heteroatoms. The van der Waals surface area contributed by atoms with Gasteiger partial charge in [0.05, 0.1) is 10.6 Å². The van der Waals surface area contributed by atoms with Crippen LogP contribution in [0.15, 0.2) is 51.8 Å². The number of nitrogens with zero attached hydrogens (tertiary/aromatic N) is 1. The lowest BCUT2D eigenvalue weighted by Gasteiger charge is -2.14. The van der Waals surface area contributed by atoms with Gasteiger partial charge in [0.2, 0.25) is 0 Å². The minimum absolute atomic E-state index is 0.290. The monoisotopic (exact) mass is 427 g/mol. The van der Waals surface area contributed by atoms with E-state index in [0.29, 0.717) is 25.5 Å². The molecular formula is C16H8BrClFNOS2. The Kier molecular flexibility index (Phi) is 4.87. The number of carbonyl (C=O) groups excluding carboxylic acids is 1. The van der Waals surface area contributed by atoms with Crippen molar-refractivity contribution in [2.75, 3.05) is 4.90 Å². The second kappa shape index (κ2) is 6.73. The van der Waals surface area contributed by atoms with Crippen LogP contribution in [0.3, 0.4) is 0 Å². The first kappa shape index (κ1) is 16.6. The summed E-state index contributed by atoms with van der Waals surface area (Å²) in [5, 5.41) is 0.513.